The Hall–Kier alpha value is -1.88. The Morgan fingerprint density at radius 2 is 2.05 bits per heavy atom. The Bertz CT molecular complexity index is 712. The van der Waals surface area contributed by atoms with Gasteiger partial charge < -0.3 is 5.11 Å². The van der Waals surface area contributed by atoms with Crippen molar-refractivity contribution in [2.24, 2.45) is 0 Å². The van der Waals surface area contributed by atoms with Gasteiger partial charge in [0.05, 0.1) is 10.7 Å². The molecule has 1 N–H and O–H groups in total. The molecule has 0 spiro atoms. The van der Waals surface area contributed by atoms with E-state index in [2.05, 4.69) is 5.10 Å². The number of rotatable bonds is 2. The van der Waals surface area contributed by atoms with Gasteiger partial charge in [-0.15, -0.1) is 0 Å². The Morgan fingerprint density at radius 1 is 1.29 bits per heavy atom. The fourth-order valence-corrected chi connectivity index (χ4v) is 2.99. The van der Waals surface area contributed by atoms with Gasteiger partial charge in [-0.2, -0.15) is 5.10 Å². The molecule has 0 radical (unpaired) electrons. The van der Waals surface area contributed by atoms with E-state index in [4.69, 9.17) is 11.6 Å². The lowest BCUT2D eigenvalue weighted by molar-refractivity contribution is 0.0688. The number of fused-ring (bicyclic) bond motifs is 1. The highest BCUT2D eigenvalue weighted by atomic mass is 35.5. The number of carbonyl (C=O) groups is 1. The first-order valence-electron chi connectivity index (χ1n) is 6.87. The van der Waals surface area contributed by atoms with Crippen molar-refractivity contribution in [2.45, 2.75) is 32.1 Å². The van der Waals surface area contributed by atoms with E-state index in [1.807, 2.05) is 0 Å². The van der Waals surface area contributed by atoms with Crippen LogP contribution in [0.1, 0.15) is 41.0 Å². The third-order valence-electron chi connectivity index (χ3n) is 3.77. The fraction of sp³-hybridized carbons (Fsp3) is 0.333. The van der Waals surface area contributed by atoms with Crippen molar-refractivity contribution in [3.8, 4) is 5.69 Å². The summed E-state index contributed by atoms with van der Waals surface area (Å²) in [7, 11) is 0. The molecular formula is C15H14ClFN2O2. The van der Waals surface area contributed by atoms with Gasteiger partial charge >= 0.3 is 5.97 Å². The number of aromatic nitrogens is 2. The Morgan fingerprint density at radius 3 is 2.81 bits per heavy atom. The van der Waals surface area contributed by atoms with E-state index >= 15 is 0 Å². The van der Waals surface area contributed by atoms with Crippen molar-refractivity contribution >= 4 is 17.6 Å². The molecule has 0 bridgehead atoms. The summed E-state index contributed by atoms with van der Waals surface area (Å²) >= 11 is 6.13. The molecule has 4 nitrogen and oxygen atoms in total. The molecule has 0 saturated heterocycles. The van der Waals surface area contributed by atoms with E-state index in [9.17, 15) is 14.3 Å². The van der Waals surface area contributed by atoms with E-state index in [-0.39, 0.29) is 5.69 Å². The second kappa shape index (κ2) is 5.48. The molecule has 1 aliphatic rings. The molecular weight excluding hydrogens is 295 g/mol. The number of halogens is 2. The molecule has 110 valence electrons. The topological polar surface area (TPSA) is 55.1 Å². The minimum Gasteiger partial charge on any atom is -0.476 e. The van der Waals surface area contributed by atoms with Crippen LogP contribution in [0, 0.1) is 5.82 Å². The molecule has 0 aliphatic heterocycles. The van der Waals surface area contributed by atoms with Crippen molar-refractivity contribution in [3.05, 3.63) is 46.0 Å². The van der Waals surface area contributed by atoms with Gasteiger partial charge in [-0.1, -0.05) is 18.0 Å². The molecule has 21 heavy (non-hydrogen) atoms. The number of nitrogens with zero attached hydrogens (tertiary/aromatic N) is 2. The first-order chi connectivity index (χ1) is 10.1. The van der Waals surface area contributed by atoms with Crippen LogP contribution in [0.4, 0.5) is 4.39 Å². The van der Waals surface area contributed by atoms with Crippen LogP contribution in [-0.2, 0) is 12.8 Å². The number of benzene rings is 1. The van der Waals surface area contributed by atoms with Gasteiger partial charge in [0.1, 0.15) is 5.82 Å². The lowest BCUT2D eigenvalue weighted by Crippen LogP contribution is -2.05. The molecule has 0 saturated carbocycles. The van der Waals surface area contributed by atoms with Crippen LogP contribution >= 0.6 is 11.6 Å². The highest BCUT2D eigenvalue weighted by Crippen LogP contribution is 2.29. The maximum atomic E-state index is 13.5. The van der Waals surface area contributed by atoms with E-state index in [1.54, 1.807) is 0 Å². The van der Waals surface area contributed by atoms with Crippen molar-refractivity contribution in [2.75, 3.05) is 0 Å². The largest absolute Gasteiger partial charge is 0.476 e. The van der Waals surface area contributed by atoms with Crippen molar-refractivity contribution in [3.63, 3.8) is 0 Å². The van der Waals surface area contributed by atoms with Crippen LogP contribution in [0.15, 0.2) is 18.2 Å². The number of carboxylic acids is 1. The van der Waals surface area contributed by atoms with Crippen LogP contribution in [0.25, 0.3) is 5.69 Å². The van der Waals surface area contributed by atoms with Crippen LogP contribution in [-0.4, -0.2) is 20.9 Å². The standard InChI is InChI=1S/C15H14ClFN2O2/c16-11-7-6-9(17)8-13(11)19-12-5-3-1-2-4-10(12)14(18-19)15(20)21/h6-8H,1-5H2,(H,20,21). The van der Waals surface area contributed by atoms with Gasteiger partial charge in [0.2, 0.25) is 0 Å². The van der Waals surface area contributed by atoms with Gasteiger partial charge in [0, 0.05) is 17.3 Å². The SMILES string of the molecule is O=C(O)c1nn(-c2cc(F)ccc2Cl)c2c1CCCCC2. The minimum absolute atomic E-state index is 0.0484. The van der Waals surface area contributed by atoms with E-state index < -0.39 is 11.8 Å². The molecule has 1 heterocycles. The molecule has 0 unspecified atom stereocenters. The zero-order valence-electron chi connectivity index (χ0n) is 11.3. The summed E-state index contributed by atoms with van der Waals surface area (Å²) in [5, 5.41) is 13.9. The molecule has 1 aliphatic carbocycles. The average Bonchev–Trinajstić information content (AvgIpc) is 2.64. The monoisotopic (exact) mass is 308 g/mol. The summed E-state index contributed by atoms with van der Waals surface area (Å²) < 4.78 is 15.0. The molecule has 1 aromatic heterocycles. The Labute approximate surface area is 126 Å². The van der Waals surface area contributed by atoms with Crippen LogP contribution < -0.4 is 0 Å². The highest BCUT2D eigenvalue weighted by Gasteiger charge is 2.25. The van der Waals surface area contributed by atoms with E-state index in [1.165, 1.54) is 22.9 Å². The third-order valence-corrected chi connectivity index (χ3v) is 4.09. The molecule has 0 atom stereocenters. The molecule has 0 fully saturated rings. The van der Waals surface area contributed by atoms with Gasteiger partial charge in [0.15, 0.2) is 5.69 Å². The first-order valence-corrected chi connectivity index (χ1v) is 7.25. The summed E-state index contributed by atoms with van der Waals surface area (Å²) in [4.78, 5) is 11.4. The molecule has 0 amide bonds. The maximum Gasteiger partial charge on any atom is 0.356 e. The summed E-state index contributed by atoms with van der Waals surface area (Å²) in [6.45, 7) is 0. The normalized spacial score (nSPS) is 14.6. The fourth-order valence-electron chi connectivity index (χ4n) is 2.79. The van der Waals surface area contributed by atoms with Gasteiger partial charge in [0.25, 0.3) is 0 Å². The first kappa shape index (κ1) is 14.1. The summed E-state index contributed by atoms with van der Waals surface area (Å²) in [6.07, 6.45) is 4.36. The van der Waals surface area contributed by atoms with Crippen molar-refractivity contribution in [1.82, 2.24) is 9.78 Å². The van der Waals surface area contributed by atoms with E-state index in [0.717, 1.165) is 36.9 Å². The summed E-state index contributed by atoms with van der Waals surface area (Å²) in [5.74, 6) is -1.48. The maximum absolute atomic E-state index is 13.5. The number of hydrogen-bond acceptors (Lipinski definition) is 2. The number of aromatic carboxylic acids is 1. The van der Waals surface area contributed by atoms with Gasteiger partial charge in [-0.05, 0) is 37.8 Å². The number of hydrogen-bond donors (Lipinski definition) is 1. The summed E-state index contributed by atoms with van der Waals surface area (Å²) in [6, 6.07) is 4.01. The van der Waals surface area contributed by atoms with Gasteiger partial charge in [-0.3, -0.25) is 0 Å². The highest BCUT2D eigenvalue weighted by molar-refractivity contribution is 6.32. The third kappa shape index (κ3) is 2.53. The predicted octanol–water partition coefficient (Wildman–Crippen LogP) is 3.63. The van der Waals surface area contributed by atoms with Crippen LogP contribution in [0.3, 0.4) is 0 Å². The minimum atomic E-state index is -1.06. The zero-order chi connectivity index (χ0) is 15.0. The van der Waals surface area contributed by atoms with Crippen molar-refractivity contribution in [1.29, 1.82) is 0 Å². The summed E-state index contributed by atoms with van der Waals surface area (Å²) in [5.41, 5.74) is 2.02. The lowest BCUT2D eigenvalue weighted by Gasteiger charge is -2.09. The zero-order valence-corrected chi connectivity index (χ0v) is 12.0. The van der Waals surface area contributed by atoms with Crippen LogP contribution in [0.2, 0.25) is 5.02 Å². The van der Waals surface area contributed by atoms with E-state index in [0.29, 0.717) is 17.1 Å². The number of carboxylic acid groups (broad SMARTS) is 1. The van der Waals surface area contributed by atoms with Crippen LogP contribution in [0.5, 0.6) is 0 Å². The smallest absolute Gasteiger partial charge is 0.356 e. The molecule has 1 aromatic carbocycles. The average molecular weight is 309 g/mol. The lowest BCUT2D eigenvalue weighted by atomic mass is 10.1. The molecule has 3 rings (SSSR count). The van der Waals surface area contributed by atoms with Gasteiger partial charge in [-0.25, -0.2) is 13.9 Å². The predicted molar refractivity (Wildman–Crippen MR) is 76.8 cm³/mol. The Balaban J connectivity index is 2.23. The molecule has 6 heteroatoms. The second-order valence-corrected chi connectivity index (χ2v) is 5.55. The molecule has 2 aromatic rings. The quantitative estimate of drug-likeness (QED) is 0.862. The van der Waals surface area contributed by atoms with Crippen molar-refractivity contribution < 1.29 is 14.3 Å². The Kier molecular flexibility index (Phi) is 3.68. The second-order valence-electron chi connectivity index (χ2n) is 5.15.